The predicted octanol–water partition coefficient (Wildman–Crippen LogP) is 3.74. The lowest BCUT2D eigenvalue weighted by atomic mass is 10.0. The highest BCUT2D eigenvalue weighted by molar-refractivity contribution is 7.89. The van der Waals surface area contributed by atoms with Crippen molar-refractivity contribution < 1.29 is 22.4 Å². The number of benzene rings is 2. The van der Waals surface area contributed by atoms with Gasteiger partial charge in [-0.1, -0.05) is 23.2 Å². The van der Waals surface area contributed by atoms with E-state index in [1.807, 2.05) is 19.9 Å². The lowest BCUT2D eigenvalue weighted by Crippen LogP contribution is -2.30. The van der Waals surface area contributed by atoms with Crippen LogP contribution in [0.25, 0.3) is 11.0 Å². The molecule has 2 aromatic carbocycles. The Morgan fingerprint density at radius 3 is 2.47 bits per heavy atom. The van der Waals surface area contributed by atoms with Gasteiger partial charge >= 0.3 is 11.6 Å². The maximum Gasteiger partial charge on any atom is 0.336 e. The van der Waals surface area contributed by atoms with Crippen molar-refractivity contribution in [2.45, 2.75) is 25.3 Å². The number of carbonyl (C=O) groups excluding carboxylic acids is 1. The first-order valence-corrected chi connectivity index (χ1v) is 10.9. The molecule has 0 saturated heterocycles. The second kappa shape index (κ2) is 8.77. The summed E-state index contributed by atoms with van der Waals surface area (Å²) in [5.41, 5.74) is 2.22. The van der Waals surface area contributed by atoms with Gasteiger partial charge in [0.2, 0.25) is 10.0 Å². The Kier molecular flexibility index (Phi) is 6.52. The minimum atomic E-state index is -3.99. The van der Waals surface area contributed by atoms with Gasteiger partial charge in [0.25, 0.3) is 0 Å². The largest absolute Gasteiger partial charge is 0.460 e. The van der Waals surface area contributed by atoms with E-state index in [0.29, 0.717) is 16.5 Å². The monoisotopic (exact) mass is 469 g/mol. The van der Waals surface area contributed by atoms with E-state index in [4.69, 9.17) is 32.4 Å². The average Bonchev–Trinajstić information content (AvgIpc) is 2.68. The summed E-state index contributed by atoms with van der Waals surface area (Å²) in [6, 6.07) is 8.60. The first-order chi connectivity index (χ1) is 14.1. The van der Waals surface area contributed by atoms with Crippen LogP contribution in [0.4, 0.5) is 0 Å². The molecule has 7 nitrogen and oxygen atoms in total. The summed E-state index contributed by atoms with van der Waals surface area (Å²) in [5.74, 6) is -0.816. The Bertz CT molecular complexity index is 1300. The molecule has 30 heavy (non-hydrogen) atoms. The van der Waals surface area contributed by atoms with Gasteiger partial charge in [-0.2, -0.15) is 4.72 Å². The number of nitrogens with one attached hydrogen (secondary N) is 1. The molecule has 0 fully saturated rings. The Morgan fingerprint density at radius 1 is 1.07 bits per heavy atom. The maximum absolute atomic E-state index is 12.3. The van der Waals surface area contributed by atoms with Crippen LogP contribution in [0.5, 0.6) is 0 Å². The van der Waals surface area contributed by atoms with Gasteiger partial charge in [0.1, 0.15) is 18.7 Å². The van der Waals surface area contributed by atoms with Crippen LogP contribution in [0, 0.1) is 13.8 Å². The fourth-order valence-corrected chi connectivity index (χ4v) is 4.05. The molecule has 1 heterocycles. The third-order valence-corrected chi connectivity index (χ3v) is 6.58. The van der Waals surface area contributed by atoms with E-state index in [0.717, 1.165) is 11.1 Å². The van der Waals surface area contributed by atoms with E-state index < -0.39 is 28.2 Å². The molecule has 10 heteroatoms. The van der Waals surface area contributed by atoms with Crippen LogP contribution in [0.2, 0.25) is 10.0 Å². The zero-order valence-corrected chi connectivity index (χ0v) is 18.3. The van der Waals surface area contributed by atoms with Crippen LogP contribution in [0.3, 0.4) is 0 Å². The molecule has 3 aromatic rings. The van der Waals surface area contributed by atoms with E-state index in [1.165, 1.54) is 24.3 Å². The molecule has 3 rings (SSSR count). The highest BCUT2D eigenvalue weighted by Crippen LogP contribution is 2.25. The molecule has 1 N–H and O–H groups in total. The number of fused-ring (bicyclic) bond motifs is 1. The van der Waals surface area contributed by atoms with Crippen molar-refractivity contribution in [3.8, 4) is 0 Å². The smallest absolute Gasteiger partial charge is 0.336 e. The third-order valence-electron chi connectivity index (χ3n) is 4.44. The number of sulfonamides is 1. The minimum absolute atomic E-state index is 0.0717. The summed E-state index contributed by atoms with van der Waals surface area (Å²) in [6.45, 7) is 2.99. The van der Waals surface area contributed by atoms with Gasteiger partial charge < -0.3 is 9.15 Å². The van der Waals surface area contributed by atoms with Gasteiger partial charge in [-0.15, -0.1) is 0 Å². The molecule has 0 bridgehead atoms. The highest BCUT2D eigenvalue weighted by Gasteiger charge is 2.18. The van der Waals surface area contributed by atoms with Gasteiger partial charge in [-0.05, 0) is 55.3 Å². The molecule has 0 atom stereocenters. The first kappa shape index (κ1) is 22.3. The quantitative estimate of drug-likeness (QED) is 0.435. The fraction of sp³-hybridized carbons (Fsp3) is 0.200. The highest BCUT2D eigenvalue weighted by atomic mass is 35.5. The summed E-state index contributed by atoms with van der Waals surface area (Å²) in [4.78, 5) is 23.7. The molecule has 0 unspecified atom stereocenters. The number of hydrogen-bond acceptors (Lipinski definition) is 6. The van der Waals surface area contributed by atoms with Gasteiger partial charge in [-0.3, -0.25) is 4.79 Å². The summed E-state index contributed by atoms with van der Waals surface area (Å²) >= 11 is 11.6. The van der Waals surface area contributed by atoms with E-state index in [2.05, 4.69) is 4.72 Å². The van der Waals surface area contributed by atoms with Crippen molar-refractivity contribution in [2.75, 3.05) is 6.54 Å². The molecule has 0 amide bonds. The van der Waals surface area contributed by atoms with Crippen LogP contribution in [-0.2, 0) is 26.2 Å². The molecule has 0 radical (unpaired) electrons. The van der Waals surface area contributed by atoms with Crippen molar-refractivity contribution in [3.63, 3.8) is 0 Å². The van der Waals surface area contributed by atoms with Crippen LogP contribution in [0.1, 0.15) is 16.7 Å². The molecule has 1 aromatic heterocycles. The normalized spacial score (nSPS) is 11.6. The van der Waals surface area contributed by atoms with Gasteiger partial charge in [0, 0.05) is 17.0 Å². The Labute approximate surface area is 182 Å². The number of hydrogen-bond donors (Lipinski definition) is 1. The molecule has 0 aliphatic heterocycles. The maximum atomic E-state index is 12.3. The van der Waals surface area contributed by atoms with E-state index in [1.54, 1.807) is 6.07 Å². The number of ether oxygens (including phenoxy) is 1. The van der Waals surface area contributed by atoms with Crippen LogP contribution >= 0.6 is 23.2 Å². The number of rotatable bonds is 6. The minimum Gasteiger partial charge on any atom is -0.460 e. The Hall–Kier alpha value is -2.39. The number of carbonyl (C=O) groups is 1. The van der Waals surface area contributed by atoms with E-state index in [9.17, 15) is 18.0 Å². The van der Waals surface area contributed by atoms with Gasteiger partial charge in [0.05, 0.1) is 14.9 Å². The van der Waals surface area contributed by atoms with Crippen LogP contribution < -0.4 is 10.3 Å². The lowest BCUT2D eigenvalue weighted by Gasteiger charge is -2.10. The van der Waals surface area contributed by atoms with Crippen molar-refractivity contribution in [1.29, 1.82) is 0 Å². The summed E-state index contributed by atoms with van der Waals surface area (Å²) < 4.78 is 37.1. The molecule has 0 aliphatic rings. The molecule has 0 aliphatic carbocycles. The number of esters is 1. The zero-order valence-electron chi connectivity index (χ0n) is 16.0. The second-order valence-electron chi connectivity index (χ2n) is 6.58. The van der Waals surface area contributed by atoms with Crippen molar-refractivity contribution >= 4 is 50.2 Å². The summed E-state index contributed by atoms with van der Waals surface area (Å²) in [7, 11) is -3.99. The number of aryl methyl sites for hydroxylation is 2. The van der Waals surface area contributed by atoms with Crippen LogP contribution in [-0.4, -0.2) is 20.9 Å². The van der Waals surface area contributed by atoms with E-state index >= 15 is 0 Å². The third kappa shape index (κ3) is 5.02. The van der Waals surface area contributed by atoms with Gasteiger partial charge in [0.15, 0.2) is 0 Å². The molecular weight excluding hydrogens is 453 g/mol. The van der Waals surface area contributed by atoms with Crippen LogP contribution in [0.15, 0.2) is 50.5 Å². The lowest BCUT2D eigenvalue weighted by molar-refractivity contribution is -0.143. The van der Waals surface area contributed by atoms with E-state index in [-0.39, 0.29) is 21.5 Å². The molecular formula is C20H17Cl2NO6S. The second-order valence-corrected chi connectivity index (χ2v) is 9.17. The standard InChI is InChI=1S/C20H17Cl2NO6S/c1-11-5-15-13(7-19(24)29-18(15)6-12(11)2)10-28-20(25)9-23-30(26,27)14-3-4-16(21)17(22)8-14/h3-8,23H,9-10H2,1-2H3. The molecule has 158 valence electrons. The van der Waals surface area contributed by atoms with Crippen molar-refractivity contribution in [3.05, 3.63) is 73.6 Å². The van der Waals surface area contributed by atoms with Gasteiger partial charge in [-0.25, -0.2) is 13.2 Å². The summed E-state index contributed by atoms with van der Waals surface area (Å²) in [6.07, 6.45) is 0. The van der Waals surface area contributed by atoms with Crippen molar-refractivity contribution in [2.24, 2.45) is 0 Å². The fourth-order valence-electron chi connectivity index (χ4n) is 2.69. The number of halogens is 2. The zero-order chi connectivity index (χ0) is 22.1. The molecule has 0 spiro atoms. The SMILES string of the molecule is Cc1cc2oc(=O)cc(COC(=O)CNS(=O)(=O)c3ccc(Cl)c(Cl)c3)c2cc1C. The molecule has 0 saturated carbocycles. The summed E-state index contributed by atoms with van der Waals surface area (Å²) in [5, 5.41) is 0.921. The Morgan fingerprint density at radius 2 is 1.77 bits per heavy atom. The van der Waals surface area contributed by atoms with Crippen molar-refractivity contribution in [1.82, 2.24) is 4.72 Å². The average molecular weight is 470 g/mol. The Balaban J connectivity index is 1.70. The topological polar surface area (TPSA) is 103 Å². The first-order valence-electron chi connectivity index (χ1n) is 8.71. The predicted molar refractivity (Wildman–Crippen MR) is 113 cm³/mol.